The van der Waals surface area contributed by atoms with Crippen LogP contribution in [0.15, 0.2) is 51.7 Å². The highest BCUT2D eigenvalue weighted by molar-refractivity contribution is 5.97. The molecule has 0 aliphatic heterocycles. The summed E-state index contributed by atoms with van der Waals surface area (Å²) in [5.41, 5.74) is 2.23. The molecule has 1 amide bonds. The maximum atomic E-state index is 13.0. The molecule has 2 N–H and O–H groups in total. The predicted molar refractivity (Wildman–Crippen MR) is 84.9 cm³/mol. The minimum Gasteiger partial charge on any atom is -0.408 e. The lowest BCUT2D eigenvalue weighted by molar-refractivity contribution is -0.117. The molecule has 0 spiro atoms. The lowest BCUT2D eigenvalue weighted by atomic mass is 9.95. The summed E-state index contributed by atoms with van der Waals surface area (Å²) in [4.78, 5) is 26.1. The molecule has 2 aromatic carbocycles. The molecule has 0 radical (unpaired) electrons. The maximum absolute atomic E-state index is 13.0. The van der Waals surface area contributed by atoms with E-state index in [9.17, 15) is 14.0 Å². The quantitative estimate of drug-likeness (QED) is 0.775. The standard InChI is InChI=1S/C17H15FN2O3/c1-2-13(10-3-5-11(18)6-4-10)16(21)19-12-7-8-14-15(9-12)23-17(22)20-14/h3-9,13H,2H2,1H3,(H,19,21)(H,20,22). The van der Waals surface area contributed by atoms with Crippen molar-refractivity contribution in [3.05, 3.63) is 64.4 Å². The van der Waals surface area contributed by atoms with Crippen LogP contribution < -0.4 is 11.1 Å². The Bertz CT molecular complexity index is 896. The smallest absolute Gasteiger partial charge is 0.408 e. The topological polar surface area (TPSA) is 75.1 Å². The third-order valence-electron chi connectivity index (χ3n) is 3.69. The van der Waals surface area contributed by atoms with E-state index in [2.05, 4.69) is 10.3 Å². The second-order valence-corrected chi connectivity index (χ2v) is 5.23. The number of H-pyrrole nitrogens is 1. The van der Waals surface area contributed by atoms with E-state index in [1.807, 2.05) is 6.92 Å². The summed E-state index contributed by atoms with van der Waals surface area (Å²) in [6.45, 7) is 1.89. The van der Waals surface area contributed by atoms with Crippen LogP contribution in [0.2, 0.25) is 0 Å². The van der Waals surface area contributed by atoms with Crippen LogP contribution in [0, 0.1) is 5.82 Å². The molecule has 118 valence electrons. The van der Waals surface area contributed by atoms with Crippen molar-refractivity contribution in [3.8, 4) is 0 Å². The third kappa shape index (κ3) is 3.15. The molecule has 0 aliphatic rings. The second kappa shape index (κ2) is 6.08. The third-order valence-corrected chi connectivity index (χ3v) is 3.69. The molecule has 3 aromatic rings. The van der Waals surface area contributed by atoms with Crippen LogP contribution in [0.5, 0.6) is 0 Å². The lowest BCUT2D eigenvalue weighted by Crippen LogP contribution is -2.20. The van der Waals surface area contributed by atoms with Gasteiger partial charge in [0.05, 0.1) is 11.4 Å². The zero-order valence-corrected chi connectivity index (χ0v) is 12.4. The van der Waals surface area contributed by atoms with Gasteiger partial charge in [0.1, 0.15) is 5.82 Å². The van der Waals surface area contributed by atoms with E-state index in [1.165, 1.54) is 12.1 Å². The van der Waals surface area contributed by atoms with Crippen LogP contribution >= 0.6 is 0 Å². The Hall–Kier alpha value is -2.89. The average Bonchev–Trinajstić information content (AvgIpc) is 2.89. The van der Waals surface area contributed by atoms with Crippen LogP contribution in [-0.2, 0) is 4.79 Å². The number of rotatable bonds is 4. The molecule has 0 saturated heterocycles. The van der Waals surface area contributed by atoms with Crippen LogP contribution in [0.25, 0.3) is 11.1 Å². The Morgan fingerprint density at radius 3 is 2.70 bits per heavy atom. The highest BCUT2D eigenvalue weighted by Crippen LogP contribution is 2.23. The number of aromatic nitrogens is 1. The lowest BCUT2D eigenvalue weighted by Gasteiger charge is -2.15. The number of carbonyl (C=O) groups excluding carboxylic acids is 1. The minimum atomic E-state index is -0.541. The van der Waals surface area contributed by atoms with Crippen LogP contribution in [-0.4, -0.2) is 10.9 Å². The van der Waals surface area contributed by atoms with Crippen molar-refractivity contribution in [2.75, 3.05) is 5.32 Å². The summed E-state index contributed by atoms with van der Waals surface area (Å²) in [5.74, 6) is -1.46. The van der Waals surface area contributed by atoms with Gasteiger partial charge in [0.2, 0.25) is 5.91 Å². The number of carbonyl (C=O) groups is 1. The number of oxazole rings is 1. The number of nitrogens with one attached hydrogen (secondary N) is 2. The number of fused-ring (bicyclic) bond motifs is 1. The monoisotopic (exact) mass is 314 g/mol. The number of halogens is 1. The van der Waals surface area contributed by atoms with Crippen molar-refractivity contribution in [1.29, 1.82) is 0 Å². The fraction of sp³-hybridized carbons (Fsp3) is 0.176. The normalized spacial score (nSPS) is 12.3. The summed E-state index contributed by atoms with van der Waals surface area (Å²) >= 11 is 0. The number of hydrogen-bond acceptors (Lipinski definition) is 3. The average molecular weight is 314 g/mol. The number of hydrogen-bond donors (Lipinski definition) is 2. The highest BCUT2D eigenvalue weighted by atomic mass is 19.1. The maximum Gasteiger partial charge on any atom is 0.417 e. The molecule has 1 aromatic heterocycles. The molecule has 0 fully saturated rings. The zero-order valence-electron chi connectivity index (χ0n) is 12.4. The molecule has 3 rings (SSSR count). The Morgan fingerprint density at radius 2 is 2.00 bits per heavy atom. The summed E-state index contributed by atoms with van der Waals surface area (Å²) in [7, 11) is 0. The molecular weight excluding hydrogens is 299 g/mol. The Morgan fingerprint density at radius 1 is 1.26 bits per heavy atom. The van der Waals surface area contributed by atoms with E-state index >= 15 is 0 Å². The van der Waals surface area contributed by atoms with Crippen LogP contribution in [0.4, 0.5) is 10.1 Å². The minimum absolute atomic E-state index is 0.198. The highest BCUT2D eigenvalue weighted by Gasteiger charge is 2.19. The number of aromatic amines is 1. The van der Waals surface area contributed by atoms with Crippen molar-refractivity contribution >= 4 is 22.7 Å². The van der Waals surface area contributed by atoms with E-state index in [1.54, 1.807) is 30.3 Å². The molecule has 1 heterocycles. The fourth-order valence-corrected chi connectivity index (χ4v) is 2.52. The molecule has 5 nitrogen and oxygen atoms in total. The molecule has 0 bridgehead atoms. The Labute approximate surface area is 131 Å². The van der Waals surface area contributed by atoms with Gasteiger partial charge in [0, 0.05) is 11.8 Å². The molecule has 0 aliphatic carbocycles. The summed E-state index contributed by atoms with van der Waals surface area (Å²) in [5, 5.41) is 2.80. The van der Waals surface area contributed by atoms with E-state index in [-0.39, 0.29) is 17.6 Å². The zero-order chi connectivity index (χ0) is 16.4. The van der Waals surface area contributed by atoms with Gasteiger partial charge in [-0.05, 0) is 36.2 Å². The van der Waals surface area contributed by atoms with Gasteiger partial charge >= 0.3 is 5.76 Å². The van der Waals surface area contributed by atoms with Gasteiger partial charge in [-0.25, -0.2) is 9.18 Å². The van der Waals surface area contributed by atoms with Gasteiger partial charge < -0.3 is 9.73 Å². The molecule has 1 unspecified atom stereocenters. The van der Waals surface area contributed by atoms with Gasteiger partial charge in [0.25, 0.3) is 0 Å². The second-order valence-electron chi connectivity index (χ2n) is 5.23. The van der Waals surface area contributed by atoms with Crippen LogP contribution in [0.1, 0.15) is 24.8 Å². The molecular formula is C17H15FN2O3. The van der Waals surface area contributed by atoms with E-state index < -0.39 is 5.76 Å². The number of amides is 1. The van der Waals surface area contributed by atoms with E-state index in [0.29, 0.717) is 23.2 Å². The van der Waals surface area contributed by atoms with Crippen molar-refractivity contribution in [2.45, 2.75) is 19.3 Å². The molecule has 1 atom stereocenters. The number of benzene rings is 2. The van der Waals surface area contributed by atoms with E-state index in [0.717, 1.165) is 5.56 Å². The van der Waals surface area contributed by atoms with Crippen LogP contribution in [0.3, 0.4) is 0 Å². The summed E-state index contributed by atoms with van der Waals surface area (Å²) in [6, 6.07) is 10.8. The first kappa shape index (κ1) is 15.0. The fourth-order valence-electron chi connectivity index (χ4n) is 2.52. The van der Waals surface area contributed by atoms with Gasteiger partial charge in [-0.15, -0.1) is 0 Å². The van der Waals surface area contributed by atoms with E-state index in [4.69, 9.17) is 4.42 Å². The van der Waals surface area contributed by atoms with Crippen molar-refractivity contribution < 1.29 is 13.6 Å². The van der Waals surface area contributed by atoms with Gasteiger partial charge in [-0.1, -0.05) is 19.1 Å². The van der Waals surface area contributed by atoms with Crippen molar-refractivity contribution in [2.24, 2.45) is 0 Å². The van der Waals surface area contributed by atoms with Gasteiger partial charge in [-0.2, -0.15) is 0 Å². The molecule has 0 saturated carbocycles. The summed E-state index contributed by atoms with van der Waals surface area (Å²) < 4.78 is 18.0. The first-order chi connectivity index (χ1) is 11.1. The van der Waals surface area contributed by atoms with Gasteiger partial charge in [-0.3, -0.25) is 9.78 Å². The van der Waals surface area contributed by atoms with Gasteiger partial charge in [0.15, 0.2) is 5.58 Å². The first-order valence-corrected chi connectivity index (χ1v) is 7.26. The Kier molecular flexibility index (Phi) is 3.97. The SMILES string of the molecule is CCC(C(=O)Nc1ccc2[nH]c(=O)oc2c1)c1ccc(F)cc1. The largest absolute Gasteiger partial charge is 0.417 e. The summed E-state index contributed by atoms with van der Waals surface area (Å²) in [6.07, 6.45) is 0.582. The molecule has 6 heteroatoms. The predicted octanol–water partition coefficient (Wildman–Crippen LogP) is 3.39. The van der Waals surface area contributed by atoms with Crippen molar-refractivity contribution in [3.63, 3.8) is 0 Å². The molecule has 23 heavy (non-hydrogen) atoms. The number of anilines is 1. The van der Waals surface area contributed by atoms with Crippen molar-refractivity contribution in [1.82, 2.24) is 4.98 Å². The Balaban J connectivity index is 1.82. The first-order valence-electron chi connectivity index (χ1n) is 7.26.